The van der Waals surface area contributed by atoms with Gasteiger partial charge in [-0.05, 0) is 61.4 Å². The quantitative estimate of drug-likeness (QED) is 0.828. The molecule has 142 valence electrons. The van der Waals surface area contributed by atoms with E-state index in [2.05, 4.69) is 5.32 Å². The highest BCUT2D eigenvalue weighted by molar-refractivity contribution is 7.89. The molecule has 0 aromatic heterocycles. The van der Waals surface area contributed by atoms with E-state index >= 15 is 0 Å². The fraction of sp³-hybridized carbons (Fsp3) is 0.381. The van der Waals surface area contributed by atoms with Crippen molar-refractivity contribution < 1.29 is 13.2 Å². The van der Waals surface area contributed by atoms with Crippen molar-refractivity contribution in [1.82, 2.24) is 4.31 Å². The minimum absolute atomic E-state index is 0.0221. The number of rotatable bonds is 6. The molecule has 0 radical (unpaired) electrons. The Hall–Kier alpha value is -2.18. The topological polar surface area (TPSA) is 66.5 Å². The van der Waals surface area contributed by atoms with Crippen LogP contribution in [0.3, 0.4) is 0 Å². The lowest BCUT2D eigenvalue weighted by atomic mass is 10.0. The van der Waals surface area contributed by atoms with Crippen LogP contribution in [-0.2, 0) is 27.8 Å². The lowest BCUT2D eigenvalue weighted by Gasteiger charge is -2.29. The average molecular weight is 385 g/mol. The van der Waals surface area contributed by atoms with Crippen molar-refractivity contribution >= 4 is 21.6 Å². The molecule has 6 heteroatoms. The highest BCUT2D eigenvalue weighted by atomic mass is 32.2. The molecule has 0 unspecified atom stereocenters. The normalized spacial score (nSPS) is 18.1. The number of amides is 1. The van der Waals surface area contributed by atoms with Crippen LogP contribution in [0.15, 0.2) is 53.4 Å². The number of fused-ring (bicyclic) bond motifs is 1. The van der Waals surface area contributed by atoms with E-state index in [0.29, 0.717) is 30.2 Å². The molecule has 2 aliphatic rings. The van der Waals surface area contributed by atoms with E-state index in [-0.39, 0.29) is 11.9 Å². The van der Waals surface area contributed by atoms with Gasteiger partial charge in [0.2, 0.25) is 15.9 Å². The molecule has 1 heterocycles. The number of hydrogen-bond donors (Lipinski definition) is 1. The maximum atomic E-state index is 13.5. The van der Waals surface area contributed by atoms with Gasteiger partial charge in [-0.15, -0.1) is 0 Å². The van der Waals surface area contributed by atoms with Crippen molar-refractivity contribution in [2.45, 2.75) is 50.1 Å². The molecule has 2 aromatic rings. The average Bonchev–Trinajstić information content (AvgIpc) is 3.51. The van der Waals surface area contributed by atoms with Crippen LogP contribution in [0.1, 0.15) is 37.3 Å². The minimum Gasteiger partial charge on any atom is -0.326 e. The third-order valence-corrected chi connectivity index (χ3v) is 7.45. The first kappa shape index (κ1) is 18.2. The molecule has 1 N–H and O–H groups in total. The summed E-state index contributed by atoms with van der Waals surface area (Å²) in [5, 5.41) is 2.81. The second-order valence-corrected chi connectivity index (χ2v) is 9.37. The molecule has 0 bridgehead atoms. The summed E-state index contributed by atoms with van der Waals surface area (Å²) in [7, 11) is -3.63. The number of nitrogens with one attached hydrogen (secondary N) is 1. The maximum Gasteiger partial charge on any atom is 0.243 e. The van der Waals surface area contributed by atoms with Crippen LogP contribution in [0.2, 0.25) is 0 Å². The molecular formula is C21H24N2O3S. The number of carbonyl (C=O) groups is 1. The summed E-state index contributed by atoms with van der Waals surface area (Å²) in [4.78, 5) is 11.9. The van der Waals surface area contributed by atoms with Crippen molar-refractivity contribution in [3.8, 4) is 0 Å². The van der Waals surface area contributed by atoms with E-state index in [0.717, 1.165) is 29.7 Å². The van der Waals surface area contributed by atoms with E-state index in [4.69, 9.17) is 0 Å². The fourth-order valence-corrected chi connectivity index (χ4v) is 5.41. The van der Waals surface area contributed by atoms with Crippen LogP contribution < -0.4 is 5.32 Å². The smallest absolute Gasteiger partial charge is 0.243 e. The molecule has 4 rings (SSSR count). The summed E-state index contributed by atoms with van der Waals surface area (Å²) >= 11 is 0. The number of benzene rings is 2. The zero-order chi connectivity index (χ0) is 19.0. The van der Waals surface area contributed by atoms with E-state index in [1.54, 1.807) is 22.5 Å². The Kier molecular flexibility index (Phi) is 4.78. The zero-order valence-electron chi connectivity index (χ0n) is 15.4. The Morgan fingerprint density at radius 2 is 1.85 bits per heavy atom. The maximum absolute atomic E-state index is 13.5. The summed E-state index contributed by atoms with van der Waals surface area (Å²) in [5.74, 6) is 0.409. The largest absolute Gasteiger partial charge is 0.326 e. The lowest BCUT2D eigenvalue weighted by molar-refractivity contribution is -0.116. The van der Waals surface area contributed by atoms with Gasteiger partial charge in [0.25, 0.3) is 0 Å². The number of carbonyl (C=O) groups excluding carboxylic acids is 1. The summed E-state index contributed by atoms with van der Waals surface area (Å²) < 4.78 is 28.6. The number of anilines is 1. The molecule has 5 nitrogen and oxygen atoms in total. The second-order valence-electron chi connectivity index (χ2n) is 7.48. The van der Waals surface area contributed by atoms with Gasteiger partial charge in [0.05, 0.1) is 4.90 Å². The molecule has 1 fully saturated rings. The van der Waals surface area contributed by atoms with Gasteiger partial charge in [-0.1, -0.05) is 30.3 Å². The SMILES string of the molecule is C[C@H](C1CC1)N(Cc1ccccc1)S(=O)(=O)c1ccc2c(c1)CCC(=O)N2. The first-order valence-electron chi connectivity index (χ1n) is 9.44. The van der Waals surface area contributed by atoms with E-state index in [1.165, 1.54) is 0 Å². The first-order chi connectivity index (χ1) is 12.9. The first-order valence-corrected chi connectivity index (χ1v) is 10.9. The van der Waals surface area contributed by atoms with Gasteiger partial charge in [0.1, 0.15) is 0 Å². The molecule has 1 aliphatic carbocycles. The van der Waals surface area contributed by atoms with Gasteiger partial charge in [0, 0.05) is 24.7 Å². The van der Waals surface area contributed by atoms with Crippen LogP contribution in [-0.4, -0.2) is 24.7 Å². The van der Waals surface area contributed by atoms with E-state index in [1.807, 2.05) is 37.3 Å². The van der Waals surface area contributed by atoms with E-state index in [9.17, 15) is 13.2 Å². The monoisotopic (exact) mass is 384 g/mol. The van der Waals surface area contributed by atoms with Gasteiger partial charge < -0.3 is 5.32 Å². The Morgan fingerprint density at radius 3 is 2.56 bits per heavy atom. The van der Waals surface area contributed by atoms with Crippen LogP contribution in [0.5, 0.6) is 0 Å². The molecule has 2 aromatic carbocycles. The molecular weight excluding hydrogens is 360 g/mol. The van der Waals surface area contributed by atoms with Gasteiger partial charge in [-0.3, -0.25) is 4.79 Å². The van der Waals surface area contributed by atoms with Crippen LogP contribution in [0, 0.1) is 5.92 Å². The third kappa shape index (κ3) is 3.77. The lowest BCUT2D eigenvalue weighted by Crippen LogP contribution is -2.39. The Labute approximate surface area is 160 Å². The fourth-order valence-electron chi connectivity index (χ4n) is 3.68. The van der Waals surface area contributed by atoms with Crippen molar-refractivity contribution in [2.75, 3.05) is 5.32 Å². The summed E-state index contributed by atoms with van der Waals surface area (Å²) in [6.45, 7) is 2.38. The summed E-state index contributed by atoms with van der Waals surface area (Å²) in [6.07, 6.45) is 3.13. The molecule has 0 saturated heterocycles. The van der Waals surface area contributed by atoms with Crippen LogP contribution >= 0.6 is 0 Å². The second kappa shape index (κ2) is 7.09. The third-order valence-electron chi connectivity index (χ3n) is 5.52. The highest BCUT2D eigenvalue weighted by Gasteiger charge is 2.38. The molecule has 1 atom stereocenters. The highest BCUT2D eigenvalue weighted by Crippen LogP contribution is 2.38. The predicted octanol–water partition coefficient (Wildman–Crippen LogP) is 3.56. The molecule has 1 aliphatic heterocycles. The predicted molar refractivity (Wildman–Crippen MR) is 105 cm³/mol. The van der Waals surface area contributed by atoms with Gasteiger partial charge in [-0.25, -0.2) is 8.42 Å². The Balaban J connectivity index is 1.68. The van der Waals surface area contributed by atoms with Crippen LogP contribution in [0.4, 0.5) is 5.69 Å². The Bertz CT molecular complexity index is 953. The van der Waals surface area contributed by atoms with Crippen molar-refractivity contribution in [3.05, 3.63) is 59.7 Å². The van der Waals surface area contributed by atoms with Crippen molar-refractivity contribution in [3.63, 3.8) is 0 Å². The number of aryl methyl sites for hydroxylation is 1. The number of hydrogen-bond acceptors (Lipinski definition) is 3. The number of nitrogens with zero attached hydrogens (tertiary/aromatic N) is 1. The standard InChI is InChI=1S/C21H24N2O3S/c1-15(17-7-8-17)23(14-16-5-3-2-4-6-16)27(25,26)19-10-11-20-18(13-19)9-12-21(24)22-20/h2-6,10-11,13,15,17H,7-9,12,14H2,1H3,(H,22,24)/t15-/m1/s1. The summed E-state index contributed by atoms with van der Waals surface area (Å²) in [5.41, 5.74) is 2.59. The van der Waals surface area contributed by atoms with Crippen molar-refractivity contribution in [2.24, 2.45) is 5.92 Å². The Morgan fingerprint density at radius 1 is 1.11 bits per heavy atom. The molecule has 1 saturated carbocycles. The van der Waals surface area contributed by atoms with Gasteiger partial charge in [0.15, 0.2) is 0 Å². The summed E-state index contributed by atoms with van der Waals surface area (Å²) in [6, 6.07) is 14.7. The van der Waals surface area contributed by atoms with Gasteiger partial charge >= 0.3 is 0 Å². The molecule has 27 heavy (non-hydrogen) atoms. The minimum atomic E-state index is -3.63. The van der Waals surface area contributed by atoms with Crippen molar-refractivity contribution in [1.29, 1.82) is 0 Å². The molecule has 0 spiro atoms. The number of sulfonamides is 1. The van der Waals surface area contributed by atoms with Crippen LogP contribution in [0.25, 0.3) is 0 Å². The van der Waals surface area contributed by atoms with Gasteiger partial charge in [-0.2, -0.15) is 4.31 Å². The van der Waals surface area contributed by atoms with E-state index < -0.39 is 10.0 Å². The molecule has 1 amide bonds. The zero-order valence-corrected chi connectivity index (χ0v) is 16.2.